The molecule has 0 atom stereocenters. The highest BCUT2D eigenvalue weighted by Gasteiger charge is 2.20. The first-order chi connectivity index (χ1) is 16.5. The van der Waals surface area contributed by atoms with Gasteiger partial charge in [-0.15, -0.1) is 5.11 Å². The molecule has 0 saturated carbocycles. The number of anilines is 2. The summed E-state index contributed by atoms with van der Waals surface area (Å²) in [7, 11) is 0. The average Bonchev–Trinajstić information content (AvgIpc) is 3.20. The number of nitrogens with two attached hydrogens (primary N) is 2. The second kappa shape index (κ2) is 8.66. The van der Waals surface area contributed by atoms with Crippen molar-refractivity contribution in [2.45, 2.75) is 6.54 Å². The van der Waals surface area contributed by atoms with Crippen LogP contribution in [0, 0.1) is 11.6 Å². The first-order valence-corrected chi connectivity index (χ1v) is 10.3. The fraction of sp³-hybridized carbons (Fsp3) is 0.0417. The highest BCUT2D eigenvalue weighted by atomic mass is 19.1. The van der Waals surface area contributed by atoms with Crippen LogP contribution in [0.4, 0.5) is 31.8 Å². The lowest BCUT2D eigenvalue weighted by molar-refractivity contribution is 0.581. The van der Waals surface area contributed by atoms with Gasteiger partial charge in [0.25, 0.3) is 0 Å². The Kier molecular flexibility index (Phi) is 5.38. The van der Waals surface area contributed by atoms with E-state index in [1.165, 1.54) is 16.8 Å². The Morgan fingerprint density at radius 2 is 1.44 bits per heavy atom. The normalized spacial score (nSPS) is 11.5. The molecule has 0 fully saturated rings. The number of nitrogens with zero attached hydrogens (tertiary/aromatic N) is 6. The van der Waals surface area contributed by atoms with E-state index in [9.17, 15) is 8.78 Å². The zero-order valence-electron chi connectivity index (χ0n) is 17.7. The molecule has 168 valence electrons. The molecule has 0 radical (unpaired) electrons. The summed E-state index contributed by atoms with van der Waals surface area (Å²) in [6.07, 6.45) is 0. The van der Waals surface area contributed by atoms with E-state index >= 15 is 0 Å². The first kappa shape index (κ1) is 21.1. The molecule has 4 N–H and O–H groups in total. The summed E-state index contributed by atoms with van der Waals surface area (Å²) in [5.74, 6) is -0.842. The molecule has 8 nitrogen and oxygen atoms in total. The van der Waals surface area contributed by atoms with Crippen LogP contribution in [0.2, 0.25) is 0 Å². The molecule has 34 heavy (non-hydrogen) atoms. The summed E-state index contributed by atoms with van der Waals surface area (Å²) in [6, 6.07) is 19.8. The molecule has 5 aromatic rings. The SMILES string of the molecule is Nc1nc(-c2nn(Cc3ccccc3F)c3c(F)cccc23)nc(N)c1/N=N/c1ccccc1. The van der Waals surface area contributed by atoms with E-state index in [2.05, 4.69) is 25.3 Å². The van der Waals surface area contributed by atoms with Crippen molar-refractivity contribution in [3.63, 3.8) is 0 Å². The molecule has 3 aromatic carbocycles. The zero-order valence-corrected chi connectivity index (χ0v) is 17.7. The number of aromatic nitrogens is 4. The monoisotopic (exact) mass is 456 g/mol. The average molecular weight is 456 g/mol. The van der Waals surface area contributed by atoms with Gasteiger partial charge in [0.1, 0.15) is 22.8 Å². The molecule has 0 amide bonds. The number of hydrogen-bond donors (Lipinski definition) is 2. The van der Waals surface area contributed by atoms with Gasteiger partial charge in [0.15, 0.2) is 23.1 Å². The van der Waals surface area contributed by atoms with Crippen LogP contribution in [0.15, 0.2) is 83.0 Å². The number of nitrogen functional groups attached to an aromatic ring is 2. The van der Waals surface area contributed by atoms with Crippen LogP contribution in [0.1, 0.15) is 5.56 Å². The predicted octanol–water partition coefficient (Wildman–Crippen LogP) is 5.40. The van der Waals surface area contributed by atoms with Gasteiger partial charge in [-0.3, -0.25) is 4.68 Å². The highest BCUT2D eigenvalue weighted by Crippen LogP contribution is 2.34. The third kappa shape index (κ3) is 3.92. The third-order valence-corrected chi connectivity index (χ3v) is 5.17. The van der Waals surface area contributed by atoms with E-state index in [1.54, 1.807) is 42.5 Å². The van der Waals surface area contributed by atoms with Crippen LogP contribution in [0.5, 0.6) is 0 Å². The Labute approximate surface area is 192 Å². The maximum Gasteiger partial charge on any atom is 0.184 e. The molecule has 0 aliphatic carbocycles. The summed E-state index contributed by atoms with van der Waals surface area (Å²) >= 11 is 0. The molecule has 0 aliphatic heterocycles. The van der Waals surface area contributed by atoms with E-state index in [0.29, 0.717) is 16.6 Å². The standard InChI is InChI=1S/C24H18F2N8/c25-17-11-5-4-7-14(17)13-34-21-16(10-6-12-18(21)26)19(33-34)24-29-22(27)20(23(28)30-24)32-31-15-8-2-1-3-9-15/h1-12H,13H2,(H4,27,28,29,30)/b32-31+. The van der Waals surface area contributed by atoms with E-state index in [1.807, 2.05) is 18.2 Å². The topological polar surface area (TPSA) is 120 Å². The lowest BCUT2D eigenvalue weighted by Crippen LogP contribution is -2.05. The molecule has 0 spiro atoms. The van der Waals surface area contributed by atoms with Crippen molar-refractivity contribution in [3.8, 4) is 11.5 Å². The number of rotatable bonds is 5. The lowest BCUT2D eigenvalue weighted by Gasteiger charge is -2.06. The van der Waals surface area contributed by atoms with Gasteiger partial charge < -0.3 is 11.5 Å². The fourth-order valence-corrected chi connectivity index (χ4v) is 3.56. The summed E-state index contributed by atoms with van der Waals surface area (Å²) in [6.45, 7) is 0.0123. The Hall–Kier alpha value is -4.73. The predicted molar refractivity (Wildman–Crippen MR) is 126 cm³/mol. The van der Waals surface area contributed by atoms with Gasteiger partial charge in [0.05, 0.1) is 12.2 Å². The maximum atomic E-state index is 14.8. The fourth-order valence-electron chi connectivity index (χ4n) is 3.56. The van der Waals surface area contributed by atoms with Crippen molar-refractivity contribution in [2.75, 3.05) is 11.5 Å². The van der Waals surface area contributed by atoms with Crippen LogP contribution in [0.25, 0.3) is 22.4 Å². The minimum Gasteiger partial charge on any atom is -0.382 e. The molecule has 0 bridgehead atoms. The highest BCUT2D eigenvalue weighted by molar-refractivity contribution is 5.93. The zero-order chi connectivity index (χ0) is 23.7. The Bertz CT molecular complexity index is 1510. The quantitative estimate of drug-likeness (QED) is 0.343. The van der Waals surface area contributed by atoms with Crippen LogP contribution < -0.4 is 11.5 Å². The number of halogens is 2. The molecule has 5 rings (SSSR count). The van der Waals surface area contributed by atoms with Gasteiger partial charge in [0, 0.05) is 10.9 Å². The number of azo groups is 1. The van der Waals surface area contributed by atoms with Crippen LogP contribution in [0.3, 0.4) is 0 Å². The van der Waals surface area contributed by atoms with E-state index in [4.69, 9.17) is 11.5 Å². The largest absolute Gasteiger partial charge is 0.382 e. The van der Waals surface area contributed by atoms with E-state index < -0.39 is 11.6 Å². The molecule has 0 saturated heterocycles. The number of fused-ring (bicyclic) bond motifs is 1. The number of hydrogen-bond acceptors (Lipinski definition) is 7. The van der Waals surface area contributed by atoms with Crippen molar-refractivity contribution in [1.82, 2.24) is 19.7 Å². The Morgan fingerprint density at radius 1 is 0.765 bits per heavy atom. The van der Waals surface area contributed by atoms with Gasteiger partial charge >= 0.3 is 0 Å². The van der Waals surface area contributed by atoms with Crippen molar-refractivity contribution in [2.24, 2.45) is 10.2 Å². The second-order valence-electron chi connectivity index (χ2n) is 7.44. The van der Waals surface area contributed by atoms with Crippen LogP contribution in [-0.4, -0.2) is 19.7 Å². The molecule has 0 aliphatic rings. The van der Waals surface area contributed by atoms with Crippen LogP contribution in [-0.2, 0) is 6.54 Å². The van der Waals surface area contributed by atoms with Gasteiger partial charge in [-0.05, 0) is 24.3 Å². The third-order valence-electron chi connectivity index (χ3n) is 5.17. The van der Waals surface area contributed by atoms with E-state index in [0.717, 1.165) is 0 Å². The van der Waals surface area contributed by atoms with Crippen molar-refractivity contribution >= 4 is 33.9 Å². The smallest absolute Gasteiger partial charge is 0.184 e. The Balaban J connectivity index is 1.59. The minimum atomic E-state index is -0.512. The van der Waals surface area contributed by atoms with Crippen molar-refractivity contribution in [3.05, 3.63) is 90.0 Å². The minimum absolute atomic E-state index is 0.00427. The number of benzene rings is 3. The summed E-state index contributed by atoms with van der Waals surface area (Å²) in [4.78, 5) is 8.59. The van der Waals surface area contributed by atoms with Gasteiger partial charge in [0.2, 0.25) is 0 Å². The van der Waals surface area contributed by atoms with Crippen LogP contribution >= 0.6 is 0 Å². The molecule has 2 heterocycles. The van der Waals surface area contributed by atoms with Gasteiger partial charge in [-0.2, -0.15) is 10.2 Å². The molecule has 10 heteroatoms. The van der Waals surface area contributed by atoms with Crippen molar-refractivity contribution < 1.29 is 8.78 Å². The molecule has 0 unspecified atom stereocenters. The number of para-hydroxylation sites is 1. The second-order valence-corrected chi connectivity index (χ2v) is 7.44. The molecular formula is C24H18F2N8. The Morgan fingerprint density at radius 3 is 2.18 bits per heavy atom. The molecule has 2 aromatic heterocycles. The molecular weight excluding hydrogens is 438 g/mol. The van der Waals surface area contributed by atoms with Crippen molar-refractivity contribution in [1.29, 1.82) is 0 Å². The summed E-state index contributed by atoms with van der Waals surface area (Å²) < 4.78 is 30.4. The summed E-state index contributed by atoms with van der Waals surface area (Å²) in [5.41, 5.74) is 13.7. The van der Waals surface area contributed by atoms with Gasteiger partial charge in [-0.25, -0.2) is 18.7 Å². The van der Waals surface area contributed by atoms with E-state index in [-0.39, 0.29) is 40.9 Å². The first-order valence-electron chi connectivity index (χ1n) is 10.3. The van der Waals surface area contributed by atoms with Gasteiger partial charge in [-0.1, -0.05) is 48.5 Å². The lowest BCUT2D eigenvalue weighted by atomic mass is 10.2. The summed E-state index contributed by atoms with van der Waals surface area (Å²) in [5, 5.41) is 13.1. The maximum absolute atomic E-state index is 14.8.